The summed E-state index contributed by atoms with van der Waals surface area (Å²) in [5.41, 5.74) is 0.311. The van der Waals surface area contributed by atoms with Crippen molar-refractivity contribution in [2.24, 2.45) is 11.8 Å². The number of hydrogen-bond donors (Lipinski definition) is 2. The molecule has 1 aromatic rings. The largest absolute Gasteiger partial charge is 0.356 e. The van der Waals surface area contributed by atoms with Gasteiger partial charge in [-0.2, -0.15) is 4.31 Å². The van der Waals surface area contributed by atoms with E-state index in [0.717, 1.165) is 12.8 Å². The van der Waals surface area contributed by atoms with E-state index in [9.17, 15) is 18.0 Å². The van der Waals surface area contributed by atoms with Crippen molar-refractivity contribution < 1.29 is 18.0 Å². The van der Waals surface area contributed by atoms with Crippen LogP contribution in [0.2, 0.25) is 0 Å². The number of amides is 2. The highest BCUT2D eigenvalue weighted by Crippen LogP contribution is 2.47. The number of rotatable bonds is 5. The molecule has 0 aromatic carbocycles. The zero-order chi connectivity index (χ0) is 18.5. The fraction of sp³-hybridized carbons (Fsp3) is 0.529. The average molecular weight is 378 g/mol. The molecule has 26 heavy (non-hydrogen) atoms. The molecule has 2 aliphatic heterocycles. The Morgan fingerprint density at radius 1 is 1.23 bits per heavy atom. The number of nitrogens with one attached hydrogen (secondary N) is 2. The standard InChI is InChI=1S/C17H22N4O4S/c1-2-15(22)19-16-12-9-21(10-13(12)16)26(24,25)11-7-14(18-8-11)17(23)20-5-3-4-6-20/h2,7-8,12-13,16,18H,1,3-6,9-10H2,(H,19,22). The van der Waals surface area contributed by atoms with Crippen LogP contribution >= 0.6 is 0 Å². The van der Waals surface area contributed by atoms with E-state index in [1.807, 2.05) is 0 Å². The molecule has 9 heteroatoms. The lowest BCUT2D eigenvalue weighted by Gasteiger charge is -2.19. The Morgan fingerprint density at radius 2 is 1.88 bits per heavy atom. The molecule has 2 amide bonds. The van der Waals surface area contributed by atoms with Crippen LogP contribution in [-0.4, -0.2) is 66.6 Å². The van der Waals surface area contributed by atoms with E-state index in [2.05, 4.69) is 16.9 Å². The molecule has 1 aromatic heterocycles. The zero-order valence-corrected chi connectivity index (χ0v) is 15.2. The number of sulfonamides is 1. The second-order valence-electron chi connectivity index (χ2n) is 7.14. The maximum absolute atomic E-state index is 12.8. The number of carbonyl (C=O) groups is 2. The van der Waals surface area contributed by atoms with Gasteiger partial charge in [-0.3, -0.25) is 9.59 Å². The minimum Gasteiger partial charge on any atom is -0.356 e. The molecule has 2 N–H and O–H groups in total. The van der Waals surface area contributed by atoms with E-state index >= 15 is 0 Å². The van der Waals surface area contributed by atoms with Crippen molar-refractivity contribution in [3.05, 3.63) is 30.6 Å². The number of nitrogens with zero attached hydrogens (tertiary/aromatic N) is 2. The van der Waals surface area contributed by atoms with Crippen LogP contribution < -0.4 is 5.32 Å². The molecule has 3 fully saturated rings. The van der Waals surface area contributed by atoms with Crippen molar-refractivity contribution in [1.82, 2.24) is 19.5 Å². The highest BCUT2D eigenvalue weighted by Gasteiger charge is 2.58. The van der Waals surface area contributed by atoms with E-state index in [4.69, 9.17) is 0 Å². The molecule has 1 saturated carbocycles. The predicted molar refractivity (Wildman–Crippen MR) is 93.8 cm³/mol. The predicted octanol–water partition coefficient (Wildman–Crippen LogP) is 0.172. The third-order valence-electron chi connectivity index (χ3n) is 5.57. The fourth-order valence-corrected chi connectivity index (χ4v) is 5.52. The lowest BCUT2D eigenvalue weighted by atomic mass is 10.4. The van der Waals surface area contributed by atoms with Crippen molar-refractivity contribution in [1.29, 1.82) is 0 Å². The molecule has 4 rings (SSSR count). The summed E-state index contributed by atoms with van der Waals surface area (Å²) < 4.78 is 27.1. The molecule has 140 valence electrons. The first-order chi connectivity index (χ1) is 12.4. The molecular formula is C17H22N4O4S. The van der Waals surface area contributed by atoms with Gasteiger partial charge in [0.15, 0.2) is 0 Å². The summed E-state index contributed by atoms with van der Waals surface area (Å²) in [7, 11) is -3.64. The van der Waals surface area contributed by atoms with Crippen LogP contribution in [0.25, 0.3) is 0 Å². The van der Waals surface area contributed by atoms with E-state index in [1.54, 1.807) is 4.90 Å². The number of hydrogen-bond acceptors (Lipinski definition) is 4. The number of likely N-dealkylation sites (tertiary alicyclic amines) is 1. The molecule has 3 heterocycles. The molecule has 2 saturated heterocycles. The highest BCUT2D eigenvalue weighted by atomic mass is 32.2. The number of aromatic nitrogens is 1. The Kier molecular flexibility index (Phi) is 4.15. The van der Waals surface area contributed by atoms with Crippen LogP contribution in [0.15, 0.2) is 29.8 Å². The van der Waals surface area contributed by atoms with Crippen molar-refractivity contribution in [2.75, 3.05) is 26.2 Å². The van der Waals surface area contributed by atoms with Gasteiger partial charge in [-0.05, 0) is 36.8 Å². The van der Waals surface area contributed by atoms with E-state index < -0.39 is 10.0 Å². The monoisotopic (exact) mass is 378 g/mol. The molecule has 3 aliphatic rings. The lowest BCUT2D eigenvalue weighted by molar-refractivity contribution is -0.116. The Balaban J connectivity index is 1.42. The van der Waals surface area contributed by atoms with E-state index in [0.29, 0.717) is 31.9 Å². The number of fused-ring (bicyclic) bond motifs is 1. The first-order valence-electron chi connectivity index (χ1n) is 8.82. The maximum Gasteiger partial charge on any atom is 0.270 e. The number of aromatic amines is 1. The van der Waals surface area contributed by atoms with Gasteiger partial charge in [-0.25, -0.2) is 8.42 Å². The minimum atomic E-state index is -3.64. The van der Waals surface area contributed by atoms with Gasteiger partial charge >= 0.3 is 0 Å². The topological polar surface area (TPSA) is 103 Å². The molecule has 0 radical (unpaired) electrons. The van der Waals surface area contributed by atoms with Gasteiger partial charge in [0.05, 0.1) is 0 Å². The van der Waals surface area contributed by atoms with Crippen LogP contribution in [0, 0.1) is 11.8 Å². The van der Waals surface area contributed by atoms with Gasteiger partial charge < -0.3 is 15.2 Å². The third-order valence-corrected chi connectivity index (χ3v) is 7.38. The molecule has 2 atom stereocenters. The Labute approximate surface area is 152 Å². The smallest absolute Gasteiger partial charge is 0.270 e. The summed E-state index contributed by atoms with van der Waals surface area (Å²) in [6, 6.07) is 1.46. The van der Waals surface area contributed by atoms with Gasteiger partial charge in [-0.1, -0.05) is 6.58 Å². The average Bonchev–Trinajstić information content (AvgIpc) is 3.21. The van der Waals surface area contributed by atoms with Crippen LogP contribution in [0.3, 0.4) is 0 Å². The maximum atomic E-state index is 12.8. The van der Waals surface area contributed by atoms with Gasteiger partial charge in [0, 0.05) is 38.4 Å². The molecule has 8 nitrogen and oxygen atoms in total. The second kappa shape index (κ2) is 6.24. The number of piperidine rings is 1. The Morgan fingerprint density at radius 3 is 2.50 bits per heavy atom. The van der Waals surface area contributed by atoms with Crippen LogP contribution in [0.1, 0.15) is 23.3 Å². The second-order valence-corrected chi connectivity index (χ2v) is 9.07. The first kappa shape index (κ1) is 17.3. The first-order valence-corrected chi connectivity index (χ1v) is 10.3. The number of carbonyl (C=O) groups excluding carboxylic acids is 2. The highest BCUT2D eigenvalue weighted by molar-refractivity contribution is 7.89. The van der Waals surface area contributed by atoms with E-state index in [-0.39, 0.29) is 34.6 Å². The third kappa shape index (κ3) is 2.84. The Bertz CT molecular complexity index is 844. The van der Waals surface area contributed by atoms with E-state index in [1.165, 1.54) is 22.6 Å². The molecular weight excluding hydrogens is 356 g/mol. The van der Waals surface area contributed by atoms with Crippen molar-refractivity contribution in [3.63, 3.8) is 0 Å². The molecule has 0 bridgehead atoms. The summed E-state index contributed by atoms with van der Waals surface area (Å²) >= 11 is 0. The van der Waals surface area contributed by atoms with Crippen molar-refractivity contribution >= 4 is 21.8 Å². The zero-order valence-electron chi connectivity index (χ0n) is 14.3. The van der Waals surface area contributed by atoms with Gasteiger partial charge in [0.25, 0.3) is 5.91 Å². The Hall–Kier alpha value is -2.13. The summed E-state index contributed by atoms with van der Waals surface area (Å²) in [4.78, 5) is 28.4. The van der Waals surface area contributed by atoms with Crippen LogP contribution in [0.5, 0.6) is 0 Å². The summed E-state index contributed by atoms with van der Waals surface area (Å²) in [5, 5.41) is 2.83. The van der Waals surface area contributed by atoms with Crippen LogP contribution in [0.4, 0.5) is 0 Å². The van der Waals surface area contributed by atoms with Gasteiger partial charge in [-0.15, -0.1) is 0 Å². The summed E-state index contributed by atoms with van der Waals surface area (Å²) in [6.07, 6.45) is 4.58. The van der Waals surface area contributed by atoms with Crippen molar-refractivity contribution in [2.45, 2.75) is 23.8 Å². The van der Waals surface area contributed by atoms with Gasteiger partial charge in [0.1, 0.15) is 10.6 Å². The summed E-state index contributed by atoms with van der Waals surface area (Å²) in [6.45, 7) is 5.62. The summed E-state index contributed by atoms with van der Waals surface area (Å²) in [5.74, 6) is -0.0773. The fourth-order valence-electron chi connectivity index (χ4n) is 4.01. The van der Waals surface area contributed by atoms with Crippen molar-refractivity contribution in [3.8, 4) is 0 Å². The molecule has 0 spiro atoms. The normalized spacial score (nSPS) is 28.0. The van der Waals surface area contributed by atoms with Gasteiger partial charge in [0.2, 0.25) is 15.9 Å². The SMILES string of the molecule is C=CC(=O)NC1C2CN(S(=O)(=O)c3c[nH]c(C(=O)N4CCCC4)c3)CC21. The number of H-pyrrole nitrogens is 1. The minimum absolute atomic E-state index is 0.0329. The molecule has 2 unspecified atom stereocenters. The lowest BCUT2D eigenvalue weighted by Crippen LogP contribution is -2.36. The van der Waals surface area contributed by atoms with Crippen LogP contribution in [-0.2, 0) is 14.8 Å². The molecule has 1 aliphatic carbocycles. The quantitative estimate of drug-likeness (QED) is 0.713.